The molecule has 6 N–H and O–H groups in total. The van der Waals surface area contributed by atoms with Gasteiger partial charge in [-0.2, -0.15) is 0 Å². The predicted molar refractivity (Wildman–Crippen MR) is 121 cm³/mol. The number of benzene rings is 2. The number of hydrogen-bond donors (Lipinski definition) is 6. The van der Waals surface area contributed by atoms with Gasteiger partial charge < -0.3 is 35.1 Å². The Hall–Kier alpha value is -3.55. The average molecular weight is 414 g/mol. The van der Waals surface area contributed by atoms with Gasteiger partial charge in [0.05, 0.1) is 5.39 Å². The van der Waals surface area contributed by atoms with Crippen LogP contribution in [-0.4, -0.2) is 54.2 Å². The molecule has 0 atom stereocenters. The molecule has 3 rings (SSSR count). The first-order valence-electron chi connectivity index (χ1n) is 9.02. The van der Waals surface area contributed by atoms with Gasteiger partial charge in [-0.1, -0.05) is 11.0 Å². The maximum atomic E-state index is 10.9. The number of hydrogen-bond acceptors (Lipinski definition) is 7. The molecule has 0 amide bonds. The van der Waals surface area contributed by atoms with Crippen LogP contribution in [0.1, 0.15) is 25.0 Å². The molecule has 0 unspecified atom stereocenters. The predicted octanol–water partition coefficient (Wildman–Crippen LogP) is 2.29. The monoisotopic (exact) mass is 414 g/mol. The Labute approximate surface area is 181 Å². The van der Waals surface area contributed by atoms with E-state index in [0.29, 0.717) is 5.56 Å². The van der Waals surface area contributed by atoms with Crippen LogP contribution >= 0.6 is 0 Å². The van der Waals surface area contributed by atoms with Crippen molar-refractivity contribution in [1.29, 1.82) is 0 Å². The first kappa shape index (κ1) is 22.1. The van der Waals surface area contributed by atoms with Crippen molar-refractivity contribution in [3.05, 3.63) is 45.5 Å². The van der Waals surface area contributed by atoms with E-state index in [-0.39, 0.29) is 55.2 Å². The Morgan fingerprint density at radius 1 is 0.935 bits per heavy atom. The van der Waals surface area contributed by atoms with Crippen LogP contribution in [0.15, 0.2) is 38.8 Å². The Kier molecular flexibility index (Phi) is 5.44. The van der Waals surface area contributed by atoms with E-state index >= 15 is 0 Å². The number of phenolic OH excluding ortho intramolecular Hbond substituents is 3. The molecule has 0 saturated heterocycles. The molecule has 0 aliphatic rings. The molecular weight excluding hydrogens is 397 g/mol. The summed E-state index contributed by atoms with van der Waals surface area (Å²) in [5, 5.41) is 60.5. The molecule has 1 heterocycles. The highest BCUT2D eigenvalue weighted by Gasteiger charge is 2.23. The third-order valence-electron chi connectivity index (χ3n) is 5.11. The van der Waals surface area contributed by atoms with E-state index in [1.54, 1.807) is 6.92 Å². The second-order valence-electron chi connectivity index (χ2n) is 7.17. The second-order valence-corrected chi connectivity index (χ2v) is 7.17. The zero-order valence-electron chi connectivity index (χ0n) is 17.0. The molecule has 10 heteroatoms. The largest absolute Gasteiger partial charge is 0.509 e. The topological polar surface area (TPSA) is 135 Å². The zero-order valence-corrected chi connectivity index (χ0v) is 17.0. The quantitative estimate of drug-likeness (QED) is 0.168. The fourth-order valence-electron chi connectivity index (χ4n) is 3.26. The molecule has 0 fully saturated rings. The molecule has 152 valence electrons. The number of aliphatic hydroxyl groups is 3. The van der Waals surface area contributed by atoms with Crippen molar-refractivity contribution in [3.8, 4) is 17.2 Å². The minimum Gasteiger partial charge on any atom is -0.509 e. The molecule has 0 saturated carbocycles. The third kappa shape index (κ3) is 3.38. The fourth-order valence-corrected chi connectivity index (χ4v) is 3.26. The summed E-state index contributed by atoms with van der Waals surface area (Å²) >= 11 is 0. The second kappa shape index (κ2) is 7.61. The number of fused-ring (bicyclic) bond motifs is 3. The van der Waals surface area contributed by atoms with Crippen molar-refractivity contribution in [1.82, 2.24) is 0 Å². The first-order valence-corrected chi connectivity index (χ1v) is 9.02. The molecule has 0 aliphatic carbocycles. The molecule has 3 aromatic rings. The number of aliphatic hydroxyl groups excluding tert-OH is 3. The van der Waals surface area contributed by atoms with E-state index in [2.05, 4.69) is 0 Å². The lowest BCUT2D eigenvalue weighted by Gasteiger charge is -2.13. The Morgan fingerprint density at radius 3 is 2.13 bits per heavy atom. The molecule has 7 nitrogen and oxygen atoms in total. The Bertz CT molecular complexity index is 1340. The van der Waals surface area contributed by atoms with Crippen LogP contribution in [0, 0.1) is 6.92 Å². The fraction of sp³-hybridized carbons (Fsp3) is 0.143. The third-order valence-corrected chi connectivity index (χ3v) is 5.11. The lowest BCUT2D eigenvalue weighted by molar-refractivity contribution is 0.284. The molecule has 0 bridgehead atoms. The van der Waals surface area contributed by atoms with Gasteiger partial charge in [-0.25, -0.2) is 0 Å². The van der Waals surface area contributed by atoms with Crippen LogP contribution in [0.5, 0.6) is 17.2 Å². The van der Waals surface area contributed by atoms with E-state index in [1.165, 1.54) is 26.0 Å². The lowest BCUT2D eigenvalue weighted by atomic mass is 9.81. The van der Waals surface area contributed by atoms with Gasteiger partial charge in [-0.3, -0.25) is 0 Å². The van der Waals surface area contributed by atoms with Crippen molar-refractivity contribution >= 4 is 62.5 Å². The summed E-state index contributed by atoms with van der Waals surface area (Å²) < 4.78 is 5.65. The van der Waals surface area contributed by atoms with Crippen LogP contribution in [-0.2, 0) is 0 Å². The number of aromatic hydroxyl groups is 3. The highest BCUT2D eigenvalue weighted by molar-refractivity contribution is 6.44. The molecular formula is C21H17B3O7. The van der Waals surface area contributed by atoms with Crippen LogP contribution in [0.4, 0.5) is 0 Å². The summed E-state index contributed by atoms with van der Waals surface area (Å²) in [6.07, 6.45) is 1.41. The van der Waals surface area contributed by atoms with Crippen molar-refractivity contribution in [2.24, 2.45) is 0 Å². The van der Waals surface area contributed by atoms with Gasteiger partial charge in [0.25, 0.3) is 0 Å². The van der Waals surface area contributed by atoms with Crippen LogP contribution < -0.4 is 10.9 Å². The number of phenols is 3. The molecule has 1 aromatic heterocycles. The Morgan fingerprint density at radius 2 is 1.55 bits per heavy atom. The van der Waals surface area contributed by atoms with E-state index in [0.717, 1.165) is 0 Å². The highest BCUT2D eigenvalue weighted by Crippen LogP contribution is 2.43. The number of furan rings is 1. The summed E-state index contributed by atoms with van der Waals surface area (Å²) in [7, 11) is 17.8. The summed E-state index contributed by atoms with van der Waals surface area (Å²) in [5.74, 6) is -3.45. The van der Waals surface area contributed by atoms with Crippen molar-refractivity contribution in [3.63, 3.8) is 0 Å². The smallest absolute Gasteiger partial charge is 0.194 e. The molecule has 0 aliphatic heterocycles. The maximum absolute atomic E-state index is 10.9. The standard InChI is InChI=1S/C21H17B3O7/c1-6(14(23)20(30)16(26)8(3)25)4-9-7(2)15(24)13-12-11(31-21(13)17(9)27)5-10(22)18(28)19(12)29/h4-5,25-30H,1-3H3/b6-4+,16-8-,20-14-. The maximum Gasteiger partial charge on any atom is 0.194 e. The van der Waals surface area contributed by atoms with Gasteiger partial charge in [-0.15, -0.1) is 0 Å². The minimum absolute atomic E-state index is 0.0573. The Balaban J connectivity index is 2.35. The zero-order chi connectivity index (χ0) is 23.4. The van der Waals surface area contributed by atoms with Crippen molar-refractivity contribution in [2.45, 2.75) is 20.8 Å². The summed E-state index contributed by atoms with van der Waals surface area (Å²) in [6, 6.07) is 1.30. The SMILES string of the molecule is [B]C(/C(C)=C/c1c(C)c([B])c2c(oc3cc([B])c(O)c(O)c32)c1O)=C(O)/C(O)=C(\C)O. The lowest BCUT2D eigenvalue weighted by Crippen LogP contribution is -2.11. The van der Waals surface area contributed by atoms with E-state index in [1.807, 2.05) is 0 Å². The van der Waals surface area contributed by atoms with Crippen LogP contribution in [0.25, 0.3) is 28.0 Å². The summed E-state index contributed by atoms with van der Waals surface area (Å²) in [5.41, 5.74) is 0.685. The first-order chi connectivity index (χ1) is 14.4. The van der Waals surface area contributed by atoms with Gasteiger partial charge in [-0.05, 0) is 49.4 Å². The van der Waals surface area contributed by atoms with Gasteiger partial charge >= 0.3 is 0 Å². The highest BCUT2D eigenvalue weighted by atomic mass is 16.4. The van der Waals surface area contributed by atoms with E-state index < -0.39 is 28.8 Å². The van der Waals surface area contributed by atoms with Crippen molar-refractivity contribution < 1.29 is 35.1 Å². The van der Waals surface area contributed by atoms with E-state index in [9.17, 15) is 30.6 Å². The average Bonchev–Trinajstić information content (AvgIpc) is 3.11. The molecule has 2 aromatic carbocycles. The van der Waals surface area contributed by atoms with Gasteiger partial charge in [0, 0.05) is 10.9 Å². The van der Waals surface area contributed by atoms with Crippen LogP contribution in [0.3, 0.4) is 0 Å². The summed E-state index contributed by atoms with van der Waals surface area (Å²) in [6.45, 7) is 4.29. The van der Waals surface area contributed by atoms with Crippen LogP contribution in [0.2, 0.25) is 0 Å². The molecule has 31 heavy (non-hydrogen) atoms. The number of rotatable bonds is 3. The normalized spacial score (nSPS) is 14.1. The van der Waals surface area contributed by atoms with Gasteiger partial charge in [0.2, 0.25) is 0 Å². The minimum atomic E-state index is -0.786. The molecule has 0 spiro atoms. The van der Waals surface area contributed by atoms with Crippen molar-refractivity contribution in [2.75, 3.05) is 0 Å². The van der Waals surface area contributed by atoms with Gasteiger partial charge in [0.15, 0.2) is 34.3 Å². The number of allylic oxidation sites excluding steroid dienone is 3. The van der Waals surface area contributed by atoms with Gasteiger partial charge in [0.1, 0.15) is 34.9 Å². The summed E-state index contributed by atoms with van der Waals surface area (Å²) in [4.78, 5) is 0. The molecule has 6 radical (unpaired) electrons. The van der Waals surface area contributed by atoms with E-state index in [4.69, 9.17) is 28.0 Å².